The first-order chi connectivity index (χ1) is 7.20. The average molecular weight is 241 g/mol. The summed E-state index contributed by atoms with van der Waals surface area (Å²) < 4.78 is 1.48. The maximum Gasteiger partial charge on any atom is 0.168 e. The molecule has 0 saturated heterocycles. The predicted octanol–water partition coefficient (Wildman–Crippen LogP) is 2.99. The average Bonchev–Trinajstić information content (AvgIpc) is 2.63. The highest BCUT2D eigenvalue weighted by molar-refractivity contribution is 6.34. The molecule has 0 fully saturated rings. The Labute approximate surface area is 96.2 Å². The van der Waals surface area contributed by atoms with E-state index in [9.17, 15) is 4.79 Å². The fourth-order valence-electron chi connectivity index (χ4n) is 1.28. The predicted molar refractivity (Wildman–Crippen MR) is 59.0 cm³/mol. The summed E-state index contributed by atoms with van der Waals surface area (Å²) >= 11 is 11.7. The van der Waals surface area contributed by atoms with Gasteiger partial charge < -0.3 is 0 Å². The SMILES string of the molecule is O=Cc1ccnn1-c1cc(Cl)cc(Cl)c1. The van der Waals surface area contributed by atoms with E-state index in [1.807, 2.05) is 0 Å². The summed E-state index contributed by atoms with van der Waals surface area (Å²) in [7, 11) is 0. The molecule has 1 heterocycles. The van der Waals surface area contributed by atoms with Gasteiger partial charge in [-0.2, -0.15) is 5.10 Å². The van der Waals surface area contributed by atoms with Crippen LogP contribution in [0.15, 0.2) is 30.5 Å². The molecule has 0 aliphatic heterocycles. The highest BCUT2D eigenvalue weighted by atomic mass is 35.5. The van der Waals surface area contributed by atoms with E-state index < -0.39 is 0 Å². The molecule has 0 radical (unpaired) electrons. The quantitative estimate of drug-likeness (QED) is 0.757. The van der Waals surface area contributed by atoms with Crippen molar-refractivity contribution in [3.63, 3.8) is 0 Å². The van der Waals surface area contributed by atoms with Gasteiger partial charge in [0.25, 0.3) is 0 Å². The molecule has 0 unspecified atom stereocenters. The summed E-state index contributed by atoms with van der Waals surface area (Å²) in [4.78, 5) is 10.7. The number of benzene rings is 1. The lowest BCUT2D eigenvalue weighted by atomic mass is 10.3. The summed E-state index contributed by atoms with van der Waals surface area (Å²) in [6, 6.07) is 6.61. The van der Waals surface area contributed by atoms with E-state index in [4.69, 9.17) is 23.2 Å². The molecule has 0 bridgehead atoms. The summed E-state index contributed by atoms with van der Waals surface area (Å²) in [5.74, 6) is 0. The number of carbonyl (C=O) groups excluding carboxylic acids is 1. The van der Waals surface area contributed by atoms with Crippen LogP contribution < -0.4 is 0 Å². The molecule has 0 N–H and O–H groups in total. The van der Waals surface area contributed by atoms with Gasteiger partial charge in [-0.25, -0.2) is 4.68 Å². The van der Waals surface area contributed by atoms with Crippen molar-refractivity contribution >= 4 is 29.5 Å². The molecule has 0 amide bonds. The van der Waals surface area contributed by atoms with Crippen molar-refractivity contribution in [3.05, 3.63) is 46.2 Å². The smallest absolute Gasteiger partial charge is 0.168 e. The normalized spacial score (nSPS) is 10.3. The highest BCUT2D eigenvalue weighted by Crippen LogP contribution is 2.21. The summed E-state index contributed by atoms with van der Waals surface area (Å²) in [5.41, 5.74) is 1.12. The number of aldehydes is 1. The summed E-state index contributed by atoms with van der Waals surface area (Å²) in [6.45, 7) is 0. The van der Waals surface area contributed by atoms with Crippen molar-refractivity contribution in [3.8, 4) is 5.69 Å². The molecule has 0 spiro atoms. The van der Waals surface area contributed by atoms with Gasteiger partial charge in [-0.15, -0.1) is 0 Å². The Morgan fingerprint density at radius 1 is 1.20 bits per heavy atom. The molecule has 2 rings (SSSR count). The first kappa shape index (κ1) is 10.2. The lowest BCUT2D eigenvalue weighted by molar-refractivity contribution is 0.111. The van der Waals surface area contributed by atoms with Crippen molar-refractivity contribution in [2.45, 2.75) is 0 Å². The number of nitrogens with zero attached hydrogens (tertiary/aromatic N) is 2. The fourth-order valence-corrected chi connectivity index (χ4v) is 1.79. The molecule has 0 aliphatic carbocycles. The summed E-state index contributed by atoms with van der Waals surface area (Å²) in [5, 5.41) is 5.02. The largest absolute Gasteiger partial charge is 0.296 e. The van der Waals surface area contributed by atoms with Crippen LogP contribution in [0, 0.1) is 0 Å². The zero-order chi connectivity index (χ0) is 10.8. The molecular weight excluding hydrogens is 235 g/mol. The lowest BCUT2D eigenvalue weighted by Crippen LogP contribution is -2.00. The zero-order valence-corrected chi connectivity index (χ0v) is 9.03. The van der Waals surface area contributed by atoms with Crippen molar-refractivity contribution in [2.75, 3.05) is 0 Å². The zero-order valence-electron chi connectivity index (χ0n) is 7.52. The molecule has 0 atom stereocenters. The molecule has 3 nitrogen and oxygen atoms in total. The van der Waals surface area contributed by atoms with Crippen molar-refractivity contribution < 1.29 is 4.79 Å². The maximum absolute atomic E-state index is 10.7. The second kappa shape index (κ2) is 4.04. The third-order valence-electron chi connectivity index (χ3n) is 1.88. The molecular formula is C10H6Cl2N2O. The van der Waals surface area contributed by atoms with Crippen LogP contribution in [0.1, 0.15) is 10.5 Å². The second-order valence-corrected chi connectivity index (χ2v) is 3.79. The minimum absolute atomic E-state index is 0.452. The van der Waals surface area contributed by atoms with Crippen molar-refractivity contribution in [1.29, 1.82) is 0 Å². The number of hydrogen-bond donors (Lipinski definition) is 0. The Hall–Kier alpha value is -1.32. The maximum atomic E-state index is 10.7. The Morgan fingerprint density at radius 3 is 2.47 bits per heavy atom. The minimum Gasteiger partial charge on any atom is -0.296 e. The van der Waals surface area contributed by atoms with Crippen LogP contribution in [0.2, 0.25) is 10.0 Å². The van der Waals surface area contributed by atoms with Gasteiger partial charge in [-0.05, 0) is 24.3 Å². The minimum atomic E-state index is 0.452. The van der Waals surface area contributed by atoms with E-state index >= 15 is 0 Å². The standard InChI is InChI=1S/C10H6Cl2N2O/c11-7-3-8(12)5-10(4-7)14-9(6-15)1-2-13-14/h1-6H. The molecule has 5 heteroatoms. The van der Waals surface area contributed by atoms with E-state index in [-0.39, 0.29) is 0 Å². The van der Waals surface area contributed by atoms with E-state index in [1.165, 1.54) is 4.68 Å². The van der Waals surface area contributed by atoms with E-state index in [1.54, 1.807) is 30.5 Å². The fraction of sp³-hybridized carbons (Fsp3) is 0. The van der Waals surface area contributed by atoms with Crippen molar-refractivity contribution in [2.24, 2.45) is 0 Å². The first-order valence-corrected chi connectivity index (χ1v) is 4.92. The Kier molecular flexibility index (Phi) is 2.75. The van der Waals surface area contributed by atoms with Crippen LogP contribution in [0.25, 0.3) is 5.69 Å². The van der Waals surface area contributed by atoms with Gasteiger partial charge in [-0.1, -0.05) is 23.2 Å². The Balaban J connectivity index is 2.58. The van der Waals surface area contributed by atoms with Gasteiger partial charge >= 0.3 is 0 Å². The van der Waals surface area contributed by atoms with Crippen LogP contribution >= 0.6 is 23.2 Å². The first-order valence-electron chi connectivity index (χ1n) is 4.16. The van der Waals surface area contributed by atoms with Gasteiger partial charge in [0.2, 0.25) is 0 Å². The third-order valence-corrected chi connectivity index (χ3v) is 2.32. The van der Waals surface area contributed by atoms with E-state index in [2.05, 4.69) is 5.10 Å². The summed E-state index contributed by atoms with van der Waals surface area (Å²) in [6.07, 6.45) is 2.26. The number of rotatable bonds is 2. The van der Waals surface area contributed by atoms with Crippen molar-refractivity contribution in [1.82, 2.24) is 9.78 Å². The highest BCUT2D eigenvalue weighted by Gasteiger charge is 2.05. The van der Waals surface area contributed by atoms with Crippen LogP contribution in [0.3, 0.4) is 0 Å². The van der Waals surface area contributed by atoms with Crippen LogP contribution in [-0.4, -0.2) is 16.1 Å². The van der Waals surface area contributed by atoms with Gasteiger partial charge in [0.15, 0.2) is 6.29 Å². The number of aromatic nitrogens is 2. The molecule has 76 valence electrons. The number of hydrogen-bond acceptors (Lipinski definition) is 2. The van der Waals surface area contributed by atoms with Gasteiger partial charge in [0.05, 0.1) is 11.9 Å². The van der Waals surface area contributed by atoms with Crippen LogP contribution in [0.5, 0.6) is 0 Å². The number of halogens is 2. The molecule has 15 heavy (non-hydrogen) atoms. The van der Waals surface area contributed by atoms with E-state index in [0.717, 1.165) is 6.29 Å². The topological polar surface area (TPSA) is 34.9 Å². The molecule has 1 aromatic carbocycles. The van der Waals surface area contributed by atoms with E-state index in [0.29, 0.717) is 21.4 Å². The van der Waals surface area contributed by atoms with Crippen LogP contribution in [-0.2, 0) is 0 Å². The monoisotopic (exact) mass is 240 g/mol. The molecule has 1 aromatic heterocycles. The second-order valence-electron chi connectivity index (χ2n) is 2.91. The number of carbonyl (C=O) groups is 1. The van der Waals surface area contributed by atoms with Crippen LogP contribution in [0.4, 0.5) is 0 Å². The molecule has 0 aliphatic rings. The Morgan fingerprint density at radius 2 is 1.87 bits per heavy atom. The third kappa shape index (κ3) is 2.03. The molecule has 0 saturated carbocycles. The molecule has 2 aromatic rings. The van der Waals surface area contributed by atoms with Gasteiger partial charge in [0.1, 0.15) is 5.69 Å². The lowest BCUT2D eigenvalue weighted by Gasteiger charge is -2.04. The Bertz CT molecular complexity index is 488. The van der Waals surface area contributed by atoms with Gasteiger partial charge in [-0.3, -0.25) is 4.79 Å². The van der Waals surface area contributed by atoms with Gasteiger partial charge in [0, 0.05) is 10.0 Å².